The summed E-state index contributed by atoms with van der Waals surface area (Å²) < 4.78 is 0. The number of nitrogens with one attached hydrogen (secondary N) is 1. The summed E-state index contributed by atoms with van der Waals surface area (Å²) >= 11 is 0. The topological polar surface area (TPSA) is 15.3 Å². The monoisotopic (exact) mass is 170 g/mol. The van der Waals surface area contributed by atoms with Gasteiger partial charge in [0.2, 0.25) is 0 Å². The van der Waals surface area contributed by atoms with E-state index in [0.717, 1.165) is 24.9 Å². The minimum Gasteiger partial charge on any atom is -0.315 e. The fraction of sp³-hybridized carbons (Fsp3) is 1.00. The van der Waals surface area contributed by atoms with Gasteiger partial charge < -0.3 is 10.2 Å². The number of hydrogen-bond donors (Lipinski definition) is 1. The minimum absolute atomic E-state index is 0.896. The van der Waals surface area contributed by atoms with Crippen LogP contribution in [0, 0.1) is 11.8 Å². The van der Waals surface area contributed by atoms with Gasteiger partial charge in [-0.2, -0.15) is 0 Å². The van der Waals surface area contributed by atoms with Gasteiger partial charge in [-0.15, -0.1) is 0 Å². The van der Waals surface area contributed by atoms with Gasteiger partial charge in [0, 0.05) is 13.1 Å². The second-order valence-electron chi connectivity index (χ2n) is 4.32. The summed E-state index contributed by atoms with van der Waals surface area (Å²) in [5, 5.41) is 3.50. The molecule has 1 saturated carbocycles. The lowest BCUT2D eigenvalue weighted by molar-refractivity contribution is 0.382. The van der Waals surface area contributed by atoms with E-state index in [9.17, 15) is 0 Å². The molecule has 2 heteroatoms. The van der Waals surface area contributed by atoms with Gasteiger partial charge in [-0.05, 0) is 45.3 Å². The summed E-state index contributed by atoms with van der Waals surface area (Å²) in [4.78, 5) is 2.22. The molecule has 1 N–H and O–H groups in total. The van der Waals surface area contributed by atoms with Crippen molar-refractivity contribution in [2.24, 2.45) is 11.8 Å². The first-order valence-electron chi connectivity index (χ1n) is 5.05. The molecule has 0 heterocycles. The zero-order valence-electron chi connectivity index (χ0n) is 8.64. The van der Waals surface area contributed by atoms with Gasteiger partial charge >= 0.3 is 0 Å². The molecule has 0 saturated heterocycles. The molecule has 0 aromatic heterocycles. The van der Waals surface area contributed by atoms with Gasteiger partial charge in [-0.3, -0.25) is 0 Å². The van der Waals surface area contributed by atoms with Crippen molar-refractivity contribution < 1.29 is 0 Å². The standard InChI is InChI=1S/C10H22N2/c1-9(10-4-5-10)8-11-6-7-12(2)3/h9-11H,4-8H2,1-3H3. The summed E-state index contributed by atoms with van der Waals surface area (Å²) in [6, 6.07) is 0. The Morgan fingerprint density at radius 3 is 2.58 bits per heavy atom. The second-order valence-corrected chi connectivity index (χ2v) is 4.32. The van der Waals surface area contributed by atoms with Crippen molar-refractivity contribution in [3.8, 4) is 0 Å². The van der Waals surface area contributed by atoms with Crippen LogP contribution >= 0.6 is 0 Å². The number of likely N-dealkylation sites (N-methyl/N-ethyl adjacent to an activating group) is 1. The molecular formula is C10H22N2. The molecule has 1 aliphatic rings. The van der Waals surface area contributed by atoms with Crippen molar-refractivity contribution in [1.82, 2.24) is 10.2 Å². The first-order chi connectivity index (χ1) is 5.70. The Hall–Kier alpha value is -0.0800. The smallest absolute Gasteiger partial charge is 0.0101 e. The molecule has 0 bridgehead atoms. The molecule has 0 amide bonds. The molecule has 1 fully saturated rings. The van der Waals surface area contributed by atoms with Crippen molar-refractivity contribution in [3.63, 3.8) is 0 Å². The van der Waals surface area contributed by atoms with E-state index in [1.807, 2.05) is 0 Å². The first kappa shape index (κ1) is 10.0. The average molecular weight is 170 g/mol. The molecule has 1 rings (SSSR count). The molecular weight excluding hydrogens is 148 g/mol. The average Bonchev–Trinajstić information content (AvgIpc) is 2.79. The van der Waals surface area contributed by atoms with E-state index in [-0.39, 0.29) is 0 Å². The second kappa shape index (κ2) is 4.83. The SMILES string of the molecule is CC(CNCCN(C)C)C1CC1. The third kappa shape index (κ3) is 4.07. The van der Waals surface area contributed by atoms with Crippen LogP contribution < -0.4 is 5.32 Å². The van der Waals surface area contributed by atoms with Gasteiger partial charge in [0.15, 0.2) is 0 Å². The van der Waals surface area contributed by atoms with Crippen LogP contribution in [-0.2, 0) is 0 Å². The Labute approximate surface area is 76.3 Å². The van der Waals surface area contributed by atoms with Gasteiger partial charge in [0.25, 0.3) is 0 Å². The van der Waals surface area contributed by atoms with Gasteiger partial charge in [0.1, 0.15) is 0 Å². The lowest BCUT2D eigenvalue weighted by Crippen LogP contribution is -2.30. The maximum Gasteiger partial charge on any atom is 0.0101 e. The molecule has 1 aliphatic carbocycles. The number of hydrogen-bond acceptors (Lipinski definition) is 2. The zero-order valence-corrected chi connectivity index (χ0v) is 8.64. The molecule has 0 spiro atoms. The van der Waals surface area contributed by atoms with Crippen LogP contribution in [0.4, 0.5) is 0 Å². The minimum atomic E-state index is 0.896. The Bertz CT molecular complexity index is 119. The van der Waals surface area contributed by atoms with E-state index < -0.39 is 0 Å². The van der Waals surface area contributed by atoms with Crippen LogP contribution in [0.15, 0.2) is 0 Å². The van der Waals surface area contributed by atoms with Gasteiger partial charge in [0.05, 0.1) is 0 Å². The van der Waals surface area contributed by atoms with Crippen molar-refractivity contribution in [1.29, 1.82) is 0 Å². The van der Waals surface area contributed by atoms with Crippen molar-refractivity contribution in [2.75, 3.05) is 33.7 Å². The first-order valence-corrected chi connectivity index (χ1v) is 5.05. The van der Waals surface area contributed by atoms with E-state index in [1.54, 1.807) is 0 Å². The number of rotatable bonds is 6. The molecule has 0 aromatic rings. The summed E-state index contributed by atoms with van der Waals surface area (Å²) in [6.45, 7) is 5.85. The van der Waals surface area contributed by atoms with Gasteiger partial charge in [-0.25, -0.2) is 0 Å². The van der Waals surface area contributed by atoms with Crippen LogP contribution in [0.3, 0.4) is 0 Å². The number of nitrogens with zero attached hydrogens (tertiary/aromatic N) is 1. The molecule has 72 valence electrons. The predicted molar refractivity (Wildman–Crippen MR) is 53.3 cm³/mol. The molecule has 2 nitrogen and oxygen atoms in total. The highest BCUT2D eigenvalue weighted by Crippen LogP contribution is 2.35. The summed E-state index contributed by atoms with van der Waals surface area (Å²) in [5.74, 6) is 1.93. The summed E-state index contributed by atoms with van der Waals surface area (Å²) in [5.41, 5.74) is 0. The van der Waals surface area contributed by atoms with Crippen LogP contribution in [0.1, 0.15) is 19.8 Å². The molecule has 0 aliphatic heterocycles. The van der Waals surface area contributed by atoms with Gasteiger partial charge in [-0.1, -0.05) is 6.92 Å². The van der Waals surface area contributed by atoms with Crippen LogP contribution in [0.5, 0.6) is 0 Å². The molecule has 0 aromatic carbocycles. The van der Waals surface area contributed by atoms with E-state index in [1.165, 1.54) is 19.4 Å². The van der Waals surface area contributed by atoms with Crippen molar-refractivity contribution in [3.05, 3.63) is 0 Å². The largest absolute Gasteiger partial charge is 0.315 e. The molecule has 1 atom stereocenters. The predicted octanol–water partition coefficient (Wildman–Crippen LogP) is 1.18. The van der Waals surface area contributed by atoms with E-state index >= 15 is 0 Å². The summed E-state index contributed by atoms with van der Waals surface area (Å²) in [6.07, 6.45) is 2.94. The quantitative estimate of drug-likeness (QED) is 0.602. The highest BCUT2D eigenvalue weighted by atomic mass is 15.1. The lowest BCUT2D eigenvalue weighted by Gasteiger charge is -2.13. The van der Waals surface area contributed by atoms with Crippen molar-refractivity contribution >= 4 is 0 Å². The third-order valence-corrected chi connectivity index (χ3v) is 2.63. The Morgan fingerprint density at radius 2 is 2.08 bits per heavy atom. The van der Waals surface area contributed by atoms with E-state index in [0.29, 0.717) is 0 Å². The fourth-order valence-corrected chi connectivity index (χ4v) is 1.46. The van der Waals surface area contributed by atoms with E-state index in [4.69, 9.17) is 0 Å². The Morgan fingerprint density at radius 1 is 1.42 bits per heavy atom. The van der Waals surface area contributed by atoms with Crippen LogP contribution in [-0.4, -0.2) is 38.6 Å². The fourth-order valence-electron chi connectivity index (χ4n) is 1.46. The molecule has 1 unspecified atom stereocenters. The zero-order chi connectivity index (χ0) is 8.97. The van der Waals surface area contributed by atoms with Crippen molar-refractivity contribution in [2.45, 2.75) is 19.8 Å². The van der Waals surface area contributed by atoms with Crippen LogP contribution in [0.2, 0.25) is 0 Å². The third-order valence-electron chi connectivity index (χ3n) is 2.63. The molecule has 0 radical (unpaired) electrons. The lowest BCUT2D eigenvalue weighted by atomic mass is 10.1. The van der Waals surface area contributed by atoms with Crippen LogP contribution in [0.25, 0.3) is 0 Å². The maximum absolute atomic E-state index is 3.50. The normalized spacial score (nSPS) is 20.0. The highest BCUT2D eigenvalue weighted by Gasteiger charge is 2.27. The van der Waals surface area contributed by atoms with E-state index in [2.05, 4.69) is 31.2 Å². The molecule has 12 heavy (non-hydrogen) atoms. The summed E-state index contributed by atoms with van der Waals surface area (Å²) in [7, 11) is 4.23. The Kier molecular flexibility index (Phi) is 4.02. The Balaban J connectivity index is 1.87. The maximum atomic E-state index is 3.50. The highest BCUT2D eigenvalue weighted by molar-refractivity contribution is 4.79.